The molecule has 37 heavy (non-hydrogen) atoms. The fourth-order valence-corrected chi connectivity index (χ4v) is 6.06. The Hall–Kier alpha value is -3.16. The van der Waals surface area contributed by atoms with Gasteiger partial charge in [0.05, 0.1) is 18.5 Å². The number of hydrogen-bond donors (Lipinski definition) is 0. The van der Waals surface area contributed by atoms with Crippen molar-refractivity contribution in [1.29, 1.82) is 0 Å². The Labute approximate surface area is 222 Å². The average molecular weight is 520 g/mol. The zero-order valence-corrected chi connectivity index (χ0v) is 22.5. The third-order valence-corrected chi connectivity index (χ3v) is 7.83. The Morgan fingerprint density at radius 2 is 1.78 bits per heavy atom. The van der Waals surface area contributed by atoms with Crippen LogP contribution in [0, 0.1) is 5.82 Å². The molecule has 1 aromatic heterocycles. The fourth-order valence-electron chi connectivity index (χ4n) is 4.85. The molecular formula is C30H34FN3O2S. The van der Waals surface area contributed by atoms with Gasteiger partial charge in [-0.1, -0.05) is 0 Å². The highest BCUT2D eigenvalue weighted by Gasteiger charge is 2.26. The van der Waals surface area contributed by atoms with Crippen LogP contribution in [0.5, 0.6) is 11.5 Å². The number of anilines is 1. The highest BCUT2D eigenvalue weighted by molar-refractivity contribution is 7.15. The second-order valence-corrected chi connectivity index (χ2v) is 11.0. The van der Waals surface area contributed by atoms with E-state index in [1.807, 2.05) is 44.6 Å². The van der Waals surface area contributed by atoms with Gasteiger partial charge in [-0.3, -0.25) is 4.90 Å². The Kier molecular flexibility index (Phi) is 7.91. The van der Waals surface area contributed by atoms with Crippen LogP contribution in [0.25, 0.3) is 10.4 Å². The van der Waals surface area contributed by atoms with Gasteiger partial charge in [-0.15, -0.1) is 11.3 Å². The van der Waals surface area contributed by atoms with Crippen molar-refractivity contribution in [1.82, 2.24) is 4.90 Å². The molecule has 1 saturated heterocycles. The minimum absolute atomic E-state index is 0.0173. The summed E-state index contributed by atoms with van der Waals surface area (Å²) in [5, 5.41) is 0. The van der Waals surface area contributed by atoms with Gasteiger partial charge >= 0.3 is 0 Å². The van der Waals surface area contributed by atoms with Crippen molar-refractivity contribution in [3.05, 3.63) is 77.1 Å². The van der Waals surface area contributed by atoms with Crippen molar-refractivity contribution in [3.63, 3.8) is 0 Å². The quantitative estimate of drug-likeness (QED) is 0.297. The van der Waals surface area contributed by atoms with Gasteiger partial charge in [-0.05, 0) is 107 Å². The molecule has 2 aliphatic heterocycles. The zero-order valence-electron chi connectivity index (χ0n) is 21.7. The van der Waals surface area contributed by atoms with Crippen LogP contribution in [-0.2, 0) is 0 Å². The molecule has 3 heterocycles. The summed E-state index contributed by atoms with van der Waals surface area (Å²) in [6.07, 6.45) is 6.37. The predicted octanol–water partition coefficient (Wildman–Crippen LogP) is 7.31. The summed E-state index contributed by atoms with van der Waals surface area (Å²) in [4.78, 5) is 11.1. The van der Waals surface area contributed by atoms with Gasteiger partial charge in [-0.25, -0.2) is 9.38 Å². The van der Waals surface area contributed by atoms with Crippen molar-refractivity contribution in [2.75, 3.05) is 31.1 Å². The number of nitrogens with zero attached hydrogens (tertiary/aromatic N) is 3. The summed E-state index contributed by atoms with van der Waals surface area (Å²) < 4.78 is 26.6. The van der Waals surface area contributed by atoms with E-state index >= 15 is 0 Å². The van der Waals surface area contributed by atoms with Crippen LogP contribution in [0.3, 0.4) is 0 Å². The Bertz CT molecular complexity index is 1260. The zero-order chi connectivity index (χ0) is 25.8. The van der Waals surface area contributed by atoms with Gasteiger partial charge in [-0.2, -0.15) is 0 Å². The van der Waals surface area contributed by atoms with E-state index in [0.717, 1.165) is 33.3 Å². The van der Waals surface area contributed by atoms with E-state index in [1.165, 1.54) is 32.0 Å². The topological polar surface area (TPSA) is 37.3 Å². The van der Waals surface area contributed by atoms with Gasteiger partial charge in [0.15, 0.2) is 0 Å². The molecule has 2 aliphatic rings. The van der Waals surface area contributed by atoms with Crippen molar-refractivity contribution in [3.8, 4) is 21.9 Å². The molecule has 1 unspecified atom stereocenters. The van der Waals surface area contributed by atoms with E-state index in [9.17, 15) is 4.39 Å². The number of halogens is 1. The Morgan fingerprint density at radius 1 is 1.03 bits per heavy atom. The number of likely N-dealkylation sites (tertiary alicyclic amines) is 1. The predicted molar refractivity (Wildman–Crippen MR) is 151 cm³/mol. The molecule has 1 atom stereocenters. The summed E-state index contributed by atoms with van der Waals surface area (Å²) in [5.41, 5.74) is 2.71. The number of hydrogen-bond acceptors (Lipinski definition) is 6. The third kappa shape index (κ3) is 6.05. The molecule has 0 N–H and O–H groups in total. The lowest BCUT2D eigenvalue weighted by molar-refractivity contribution is 0.238. The first kappa shape index (κ1) is 25.5. The molecule has 7 heteroatoms. The normalized spacial score (nSPS) is 17.9. The van der Waals surface area contributed by atoms with Crippen molar-refractivity contribution in [2.24, 2.45) is 4.99 Å². The molecule has 194 valence electrons. The fraction of sp³-hybridized carbons (Fsp3) is 0.367. The lowest BCUT2D eigenvalue weighted by Gasteiger charge is -2.32. The molecule has 5 nitrogen and oxygen atoms in total. The van der Waals surface area contributed by atoms with Crippen LogP contribution in [0.15, 0.2) is 71.4 Å². The van der Waals surface area contributed by atoms with E-state index in [0.29, 0.717) is 17.9 Å². The maximum Gasteiger partial charge on any atom is 0.132 e. The second-order valence-electron chi connectivity index (χ2n) is 9.85. The molecule has 0 saturated carbocycles. The molecule has 0 aliphatic carbocycles. The number of ether oxygens (including phenoxy) is 2. The van der Waals surface area contributed by atoms with Crippen LogP contribution in [-0.4, -0.2) is 43.6 Å². The van der Waals surface area contributed by atoms with Crippen LogP contribution >= 0.6 is 11.3 Å². The first-order chi connectivity index (χ1) is 18.0. The smallest absolute Gasteiger partial charge is 0.132 e. The third-order valence-electron chi connectivity index (χ3n) is 6.66. The van der Waals surface area contributed by atoms with Gasteiger partial charge in [0, 0.05) is 33.7 Å². The van der Waals surface area contributed by atoms with Gasteiger partial charge in [0.1, 0.15) is 23.9 Å². The minimum atomic E-state index is -0.251. The summed E-state index contributed by atoms with van der Waals surface area (Å²) in [6.45, 7) is 10.0. The largest absolute Gasteiger partial charge is 0.492 e. The molecule has 0 bridgehead atoms. The molecule has 0 amide bonds. The lowest BCUT2D eigenvalue weighted by atomic mass is 10.0. The van der Waals surface area contributed by atoms with E-state index in [1.54, 1.807) is 23.5 Å². The summed E-state index contributed by atoms with van der Waals surface area (Å²) in [5.74, 6) is 1.30. The molecule has 2 aromatic carbocycles. The van der Waals surface area contributed by atoms with Crippen LogP contribution in [0.1, 0.15) is 44.5 Å². The summed E-state index contributed by atoms with van der Waals surface area (Å²) in [7, 11) is 0. The molecule has 3 aromatic rings. The van der Waals surface area contributed by atoms with Crippen LogP contribution in [0.2, 0.25) is 0 Å². The molecular weight excluding hydrogens is 485 g/mol. The van der Waals surface area contributed by atoms with E-state index in [-0.39, 0.29) is 18.0 Å². The number of benzene rings is 2. The van der Waals surface area contributed by atoms with Gasteiger partial charge in [0.2, 0.25) is 0 Å². The second kappa shape index (κ2) is 11.5. The lowest BCUT2D eigenvalue weighted by Crippen LogP contribution is -2.29. The molecule has 1 fully saturated rings. The molecule has 5 rings (SSSR count). The van der Waals surface area contributed by atoms with Crippen molar-refractivity contribution >= 4 is 23.4 Å². The average Bonchev–Trinajstić information content (AvgIpc) is 3.58. The van der Waals surface area contributed by atoms with Gasteiger partial charge in [0.25, 0.3) is 0 Å². The highest BCUT2D eigenvalue weighted by Crippen LogP contribution is 2.41. The van der Waals surface area contributed by atoms with E-state index < -0.39 is 0 Å². The number of aliphatic imine (C=N–C) groups is 1. The first-order valence-electron chi connectivity index (χ1n) is 13.0. The maximum atomic E-state index is 14.8. The Morgan fingerprint density at radius 3 is 2.54 bits per heavy atom. The van der Waals surface area contributed by atoms with Crippen LogP contribution < -0.4 is 14.4 Å². The number of rotatable bonds is 9. The first-order valence-corrected chi connectivity index (χ1v) is 13.8. The number of thiophene rings is 1. The standard InChI is InChI=1S/C30H34FN3O2S/c1-21(2)36-25-10-11-27(31)26(18-25)28-12-13-29(37-28)30-22(3)19-32-20-34(30)23-6-8-24(9-7-23)35-17-16-33-14-4-5-15-33/h6-13,18-21,30H,4-5,14-17H2,1-3H3. The summed E-state index contributed by atoms with van der Waals surface area (Å²) in [6, 6.07) is 17.2. The van der Waals surface area contributed by atoms with E-state index in [2.05, 4.69) is 39.9 Å². The van der Waals surface area contributed by atoms with Crippen molar-refractivity contribution < 1.29 is 13.9 Å². The minimum Gasteiger partial charge on any atom is -0.492 e. The van der Waals surface area contributed by atoms with E-state index in [4.69, 9.17) is 9.47 Å². The monoisotopic (exact) mass is 519 g/mol. The summed E-state index contributed by atoms with van der Waals surface area (Å²) >= 11 is 1.59. The van der Waals surface area contributed by atoms with Crippen LogP contribution in [0.4, 0.5) is 10.1 Å². The SMILES string of the molecule is CC1=CN=CN(c2ccc(OCCN3CCCC3)cc2)C1c1ccc(-c2cc(OC(C)C)ccc2F)s1. The van der Waals surface area contributed by atoms with Crippen molar-refractivity contribution in [2.45, 2.75) is 45.8 Å². The van der Waals surface area contributed by atoms with Gasteiger partial charge < -0.3 is 14.4 Å². The molecule has 0 spiro atoms. The highest BCUT2D eigenvalue weighted by atomic mass is 32.1. The maximum absolute atomic E-state index is 14.8. The Balaban J connectivity index is 1.32. The molecule has 0 radical (unpaired) electrons.